The molecular weight excluding hydrogens is 381 g/mol. The summed E-state index contributed by atoms with van der Waals surface area (Å²) in [6.45, 7) is 2.87. The number of rotatable bonds is 5. The van der Waals surface area contributed by atoms with Gasteiger partial charge >= 0.3 is 0 Å². The van der Waals surface area contributed by atoms with Crippen molar-refractivity contribution in [1.29, 1.82) is 0 Å². The molecule has 1 fully saturated rings. The molecule has 2 aromatic rings. The van der Waals surface area contributed by atoms with Gasteiger partial charge in [-0.05, 0) is 38.1 Å². The minimum absolute atomic E-state index is 0.0124. The molecule has 1 aromatic heterocycles. The van der Waals surface area contributed by atoms with Crippen LogP contribution < -0.4 is 14.9 Å². The maximum atomic E-state index is 14.9. The van der Waals surface area contributed by atoms with Crippen LogP contribution in [0.2, 0.25) is 0 Å². The van der Waals surface area contributed by atoms with E-state index in [-0.39, 0.29) is 23.1 Å². The minimum Gasteiger partial charge on any atom is -0.370 e. The van der Waals surface area contributed by atoms with E-state index in [0.717, 1.165) is 25.1 Å². The average molecular weight is 400 g/mol. The summed E-state index contributed by atoms with van der Waals surface area (Å²) in [5.41, 5.74) is 0.292. The molecule has 0 spiro atoms. The Bertz CT molecular complexity index is 963. The number of hydrogen-bond acceptors (Lipinski definition) is 5. The van der Waals surface area contributed by atoms with Crippen LogP contribution in [0.4, 0.5) is 24.7 Å². The van der Waals surface area contributed by atoms with Gasteiger partial charge in [0.15, 0.2) is 10.7 Å². The summed E-state index contributed by atoms with van der Waals surface area (Å²) >= 11 is 0. The highest BCUT2D eigenvalue weighted by Crippen LogP contribution is 2.32. The fraction of sp³-hybridized carbons (Fsp3) is 0.353. The molecule has 0 amide bonds. The molecule has 0 bridgehead atoms. The van der Waals surface area contributed by atoms with Crippen LogP contribution in [0.1, 0.15) is 12.0 Å². The quantitative estimate of drug-likeness (QED) is 0.754. The van der Waals surface area contributed by atoms with Gasteiger partial charge < -0.3 is 10.2 Å². The van der Waals surface area contributed by atoms with Crippen molar-refractivity contribution in [3.8, 4) is 0 Å². The Hall–Kier alpha value is -2.33. The van der Waals surface area contributed by atoms with E-state index < -0.39 is 32.5 Å². The Labute approximate surface area is 155 Å². The molecule has 0 saturated carbocycles. The van der Waals surface area contributed by atoms with Gasteiger partial charge in [0, 0.05) is 30.9 Å². The van der Waals surface area contributed by atoms with Gasteiger partial charge in [0.25, 0.3) is 10.0 Å². The van der Waals surface area contributed by atoms with E-state index in [1.807, 2.05) is 4.72 Å². The van der Waals surface area contributed by atoms with Gasteiger partial charge in [0.2, 0.25) is 5.95 Å². The second kappa shape index (κ2) is 7.35. The molecule has 3 rings (SSSR count). The maximum Gasteiger partial charge on any atom is 0.268 e. The number of halogens is 3. The topological polar surface area (TPSA) is 74.3 Å². The highest BCUT2D eigenvalue weighted by molar-refractivity contribution is 7.92. The number of anilines is 2. The number of sulfonamides is 1. The molecule has 1 aromatic carbocycles. The van der Waals surface area contributed by atoms with Crippen LogP contribution in [0.25, 0.3) is 0 Å². The number of pyridine rings is 1. The summed E-state index contributed by atoms with van der Waals surface area (Å²) in [4.78, 5) is 3.96. The van der Waals surface area contributed by atoms with Crippen LogP contribution in [0, 0.1) is 24.5 Å². The summed E-state index contributed by atoms with van der Waals surface area (Å²) < 4.78 is 69.5. The van der Waals surface area contributed by atoms with E-state index in [9.17, 15) is 21.6 Å². The molecule has 0 radical (unpaired) electrons. The predicted octanol–water partition coefficient (Wildman–Crippen LogP) is 2.41. The van der Waals surface area contributed by atoms with Crippen molar-refractivity contribution in [2.24, 2.45) is 0 Å². The third-order valence-electron chi connectivity index (χ3n) is 4.58. The van der Waals surface area contributed by atoms with Crippen molar-refractivity contribution in [3.05, 3.63) is 47.4 Å². The summed E-state index contributed by atoms with van der Waals surface area (Å²) in [5.74, 6) is -3.71. The van der Waals surface area contributed by atoms with Gasteiger partial charge in [-0.3, -0.25) is 4.72 Å². The van der Waals surface area contributed by atoms with Gasteiger partial charge in [0.1, 0.15) is 11.6 Å². The maximum absolute atomic E-state index is 14.9. The number of likely N-dealkylation sites (N-methyl/N-ethyl adjacent to an activating group) is 1. The molecule has 27 heavy (non-hydrogen) atoms. The molecule has 1 aliphatic heterocycles. The first-order chi connectivity index (χ1) is 12.7. The van der Waals surface area contributed by atoms with Crippen molar-refractivity contribution in [1.82, 2.24) is 10.3 Å². The fourth-order valence-corrected chi connectivity index (χ4v) is 4.31. The van der Waals surface area contributed by atoms with Crippen molar-refractivity contribution in [2.75, 3.05) is 29.8 Å². The Morgan fingerprint density at radius 1 is 1.30 bits per heavy atom. The standard InChI is InChI=1S/C17H19F3N4O2S/c1-10-13(24(2)11-6-7-21-9-11)8-12(18)17(16(10)20)27(25,26)23-15-5-3-4-14(19)22-15/h3-5,8,11,21H,6-7,9H2,1-2H3,(H,22,23)/t11-/m0/s1. The lowest BCUT2D eigenvalue weighted by Gasteiger charge is -2.28. The van der Waals surface area contributed by atoms with E-state index in [1.54, 1.807) is 11.9 Å². The van der Waals surface area contributed by atoms with E-state index in [2.05, 4.69) is 10.3 Å². The van der Waals surface area contributed by atoms with Crippen LogP contribution in [0.15, 0.2) is 29.2 Å². The molecule has 0 unspecified atom stereocenters. The van der Waals surface area contributed by atoms with Crippen molar-refractivity contribution in [3.63, 3.8) is 0 Å². The molecule has 1 aliphatic rings. The predicted molar refractivity (Wildman–Crippen MR) is 95.8 cm³/mol. The molecule has 0 aliphatic carbocycles. The van der Waals surface area contributed by atoms with Gasteiger partial charge in [-0.2, -0.15) is 4.39 Å². The summed E-state index contributed by atoms with van der Waals surface area (Å²) in [6, 6.07) is 4.49. The van der Waals surface area contributed by atoms with Crippen molar-refractivity contribution < 1.29 is 21.6 Å². The van der Waals surface area contributed by atoms with Gasteiger partial charge in [-0.25, -0.2) is 22.2 Å². The molecule has 6 nitrogen and oxygen atoms in total. The van der Waals surface area contributed by atoms with Crippen LogP contribution in [-0.2, 0) is 10.0 Å². The molecule has 2 heterocycles. The number of aromatic nitrogens is 1. The first-order valence-electron chi connectivity index (χ1n) is 8.28. The lowest BCUT2D eigenvalue weighted by Crippen LogP contribution is -2.34. The van der Waals surface area contributed by atoms with E-state index in [1.165, 1.54) is 19.1 Å². The zero-order valence-corrected chi connectivity index (χ0v) is 15.6. The van der Waals surface area contributed by atoms with E-state index >= 15 is 0 Å². The zero-order chi connectivity index (χ0) is 19.8. The molecule has 1 saturated heterocycles. The Balaban J connectivity index is 1.99. The molecule has 146 valence electrons. The van der Waals surface area contributed by atoms with Crippen LogP contribution in [-0.4, -0.2) is 39.6 Å². The SMILES string of the molecule is Cc1c(N(C)[C@H]2CCNC2)cc(F)c(S(=O)(=O)Nc2cccc(F)n2)c1F. The normalized spacial score (nSPS) is 17.1. The summed E-state index contributed by atoms with van der Waals surface area (Å²) in [7, 11) is -2.93. The first-order valence-corrected chi connectivity index (χ1v) is 9.76. The fourth-order valence-electron chi connectivity index (χ4n) is 3.11. The Kier molecular flexibility index (Phi) is 5.29. The van der Waals surface area contributed by atoms with Crippen LogP contribution >= 0.6 is 0 Å². The summed E-state index contributed by atoms with van der Waals surface area (Å²) in [5, 5.41) is 3.17. The highest BCUT2D eigenvalue weighted by atomic mass is 32.2. The number of nitrogens with zero attached hydrogens (tertiary/aromatic N) is 2. The third kappa shape index (κ3) is 3.86. The average Bonchev–Trinajstić information content (AvgIpc) is 3.11. The molecular formula is C17H19F3N4O2S. The highest BCUT2D eigenvalue weighted by Gasteiger charge is 2.30. The number of hydrogen-bond donors (Lipinski definition) is 2. The molecule has 10 heteroatoms. The van der Waals surface area contributed by atoms with E-state index in [4.69, 9.17) is 0 Å². The number of nitrogens with one attached hydrogen (secondary N) is 2. The zero-order valence-electron chi connectivity index (χ0n) is 14.8. The van der Waals surface area contributed by atoms with Crippen molar-refractivity contribution >= 4 is 21.5 Å². The van der Waals surface area contributed by atoms with E-state index in [0.29, 0.717) is 6.54 Å². The lowest BCUT2D eigenvalue weighted by atomic mass is 10.1. The minimum atomic E-state index is -4.64. The number of benzene rings is 1. The van der Waals surface area contributed by atoms with Crippen LogP contribution in [0.3, 0.4) is 0 Å². The van der Waals surface area contributed by atoms with Gasteiger partial charge in [-0.15, -0.1) is 0 Å². The third-order valence-corrected chi connectivity index (χ3v) is 5.97. The smallest absolute Gasteiger partial charge is 0.268 e. The molecule has 2 N–H and O–H groups in total. The Morgan fingerprint density at radius 2 is 2.04 bits per heavy atom. The van der Waals surface area contributed by atoms with Gasteiger partial charge in [0.05, 0.1) is 0 Å². The van der Waals surface area contributed by atoms with Crippen LogP contribution in [0.5, 0.6) is 0 Å². The van der Waals surface area contributed by atoms with Gasteiger partial charge in [-0.1, -0.05) is 6.07 Å². The lowest BCUT2D eigenvalue weighted by molar-refractivity contribution is 0.514. The first kappa shape index (κ1) is 19.4. The monoisotopic (exact) mass is 400 g/mol. The molecule has 1 atom stereocenters. The second-order valence-corrected chi connectivity index (χ2v) is 7.97. The second-order valence-electron chi connectivity index (χ2n) is 6.35. The van der Waals surface area contributed by atoms with Crippen molar-refractivity contribution in [2.45, 2.75) is 24.3 Å². The Morgan fingerprint density at radius 3 is 2.67 bits per heavy atom. The largest absolute Gasteiger partial charge is 0.370 e. The summed E-state index contributed by atoms with van der Waals surface area (Å²) in [6.07, 6.45) is 0.812.